The third-order valence-electron chi connectivity index (χ3n) is 3.95. The van der Waals surface area contributed by atoms with Gasteiger partial charge in [-0.05, 0) is 54.1 Å². The minimum Gasteiger partial charge on any atom is -0.497 e. The Labute approximate surface area is 163 Å². The fourth-order valence-electron chi connectivity index (χ4n) is 2.47. The molecule has 1 aromatic heterocycles. The molecule has 1 heterocycles. The number of carbonyl (C=O) groups excluding carboxylic acids is 1. The smallest absolute Gasteiger partial charge is 0.261 e. The van der Waals surface area contributed by atoms with Gasteiger partial charge in [0, 0.05) is 30.6 Å². The van der Waals surface area contributed by atoms with Gasteiger partial charge in [-0.1, -0.05) is 6.07 Å². The summed E-state index contributed by atoms with van der Waals surface area (Å²) in [5, 5.41) is 2.78. The second-order valence-corrected chi connectivity index (χ2v) is 7.58. The number of benzene rings is 2. The standard InChI is InChI=1S/C20H19N3O4S/c1-27-18-4-2-3-17(13-18)23-28(25,26)19-7-5-16(6-8-19)20(24)22-14-15-9-11-21-12-10-15/h2-13,23H,14H2,1H3,(H,22,24). The first-order valence-electron chi connectivity index (χ1n) is 8.42. The van der Waals surface area contributed by atoms with Crippen LogP contribution in [-0.4, -0.2) is 26.4 Å². The fraction of sp³-hybridized carbons (Fsp3) is 0.100. The van der Waals surface area contributed by atoms with Gasteiger partial charge in [0.2, 0.25) is 0 Å². The van der Waals surface area contributed by atoms with Gasteiger partial charge in [-0.25, -0.2) is 8.42 Å². The zero-order valence-electron chi connectivity index (χ0n) is 15.1. The summed E-state index contributed by atoms with van der Waals surface area (Å²) in [5.41, 5.74) is 1.68. The Bertz CT molecular complexity index is 1050. The van der Waals surface area contributed by atoms with Gasteiger partial charge < -0.3 is 10.1 Å². The number of anilines is 1. The van der Waals surface area contributed by atoms with Crippen molar-refractivity contribution in [3.05, 3.63) is 84.2 Å². The lowest BCUT2D eigenvalue weighted by Crippen LogP contribution is -2.23. The van der Waals surface area contributed by atoms with Gasteiger partial charge in [0.25, 0.3) is 15.9 Å². The summed E-state index contributed by atoms with van der Waals surface area (Å²) in [5.74, 6) is 0.253. The minimum absolute atomic E-state index is 0.0565. The predicted molar refractivity (Wildman–Crippen MR) is 106 cm³/mol. The first kappa shape index (κ1) is 19.4. The molecule has 0 aliphatic heterocycles. The van der Waals surface area contributed by atoms with Crippen molar-refractivity contribution in [3.63, 3.8) is 0 Å². The number of ether oxygens (including phenoxy) is 1. The Hall–Kier alpha value is -3.39. The minimum atomic E-state index is -3.78. The van der Waals surface area contributed by atoms with E-state index < -0.39 is 10.0 Å². The van der Waals surface area contributed by atoms with Crippen LogP contribution in [0.2, 0.25) is 0 Å². The molecule has 0 bridgehead atoms. The zero-order chi connectivity index (χ0) is 20.0. The normalized spacial score (nSPS) is 10.9. The first-order valence-corrected chi connectivity index (χ1v) is 9.90. The molecule has 7 nitrogen and oxygen atoms in total. The molecule has 0 atom stereocenters. The third kappa shape index (κ3) is 4.86. The number of aromatic nitrogens is 1. The molecule has 144 valence electrons. The van der Waals surface area contributed by atoms with Crippen LogP contribution in [0.3, 0.4) is 0 Å². The van der Waals surface area contributed by atoms with Crippen molar-refractivity contribution in [3.8, 4) is 5.75 Å². The second kappa shape index (κ2) is 8.53. The van der Waals surface area contributed by atoms with Crippen LogP contribution in [0.15, 0.2) is 78.0 Å². The SMILES string of the molecule is COc1cccc(NS(=O)(=O)c2ccc(C(=O)NCc3ccncc3)cc2)c1. The van der Waals surface area contributed by atoms with Gasteiger partial charge in [0.05, 0.1) is 17.7 Å². The highest BCUT2D eigenvalue weighted by Gasteiger charge is 2.15. The summed E-state index contributed by atoms with van der Waals surface area (Å²) in [7, 11) is -2.27. The molecule has 0 unspecified atom stereocenters. The molecule has 0 aliphatic rings. The van der Waals surface area contributed by atoms with Gasteiger partial charge in [-0.3, -0.25) is 14.5 Å². The molecule has 2 aromatic carbocycles. The van der Waals surface area contributed by atoms with E-state index in [0.29, 0.717) is 23.5 Å². The summed E-state index contributed by atoms with van der Waals surface area (Å²) in [6.07, 6.45) is 3.30. The molecule has 0 saturated carbocycles. The number of amides is 1. The molecule has 0 radical (unpaired) electrons. The molecule has 0 saturated heterocycles. The lowest BCUT2D eigenvalue weighted by Gasteiger charge is -2.10. The van der Waals surface area contributed by atoms with Gasteiger partial charge in [-0.15, -0.1) is 0 Å². The van der Waals surface area contributed by atoms with Crippen molar-refractivity contribution >= 4 is 21.6 Å². The molecular weight excluding hydrogens is 378 g/mol. The van der Waals surface area contributed by atoms with E-state index in [1.54, 1.807) is 48.8 Å². The van der Waals surface area contributed by atoms with E-state index in [4.69, 9.17) is 4.74 Å². The second-order valence-electron chi connectivity index (χ2n) is 5.90. The van der Waals surface area contributed by atoms with Gasteiger partial charge in [0.1, 0.15) is 5.75 Å². The average Bonchev–Trinajstić information content (AvgIpc) is 2.72. The van der Waals surface area contributed by atoms with Crippen molar-refractivity contribution in [1.82, 2.24) is 10.3 Å². The number of nitrogens with zero attached hydrogens (tertiary/aromatic N) is 1. The highest BCUT2D eigenvalue weighted by atomic mass is 32.2. The molecular formula is C20H19N3O4S. The van der Waals surface area contributed by atoms with E-state index in [9.17, 15) is 13.2 Å². The lowest BCUT2D eigenvalue weighted by atomic mass is 10.2. The number of hydrogen-bond acceptors (Lipinski definition) is 5. The Morgan fingerprint density at radius 3 is 2.43 bits per heavy atom. The van der Waals surface area contributed by atoms with Crippen molar-refractivity contribution in [1.29, 1.82) is 0 Å². The molecule has 2 N–H and O–H groups in total. The number of sulfonamides is 1. The largest absolute Gasteiger partial charge is 0.497 e. The molecule has 8 heteroatoms. The number of nitrogens with one attached hydrogen (secondary N) is 2. The highest BCUT2D eigenvalue weighted by Crippen LogP contribution is 2.21. The number of pyridine rings is 1. The number of hydrogen-bond donors (Lipinski definition) is 2. The van der Waals surface area contributed by atoms with Crippen LogP contribution >= 0.6 is 0 Å². The molecule has 0 fully saturated rings. The number of rotatable bonds is 7. The van der Waals surface area contributed by atoms with Crippen LogP contribution in [0, 0.1) is 0 Å². The van der Waals surface area contributed by atoms with Crippen LogP contribution < -0.4 is 14.8 Å². The van der Waals surface area contributed by atoms with Crippen molar-refractivity contribution in [2.24, 2.45) is 0 Å². The zero-order valence-corrected chi connectivity index (χ0v) is 15.9. The first-order chi connectivity index (χ1) is 13.5. The van der Waals surface area contributed by atoms with Crippen LogP contribution in [0.1, 0.15) is 15.9 Å². The van der Waals surface area contributed by atoms with Gasteiger partial charge >= 0.3 is 0 Å². The predicted octanol–water partition coefficient (Wildman–Crippen LogP) is 2.82. The number of methoxy groups -OCH3 is 1. The van der Waals surface area contributed by atoms with E-state index in [2.05, 4.69) is 15.0 Å². The maximum Gasteiger partial charge on any atom is 0.261 e. The average molecular weight is 397 g/mol. The monoisotopic (exact) mass is 397 g/mol. The lowest BCUT2D eigenvalue weighted by molar-refractivity contribution is 0.0951. The van der Waals surface area contributed by atoms with Crippen molar-refractivity contribution in [2.75, 3.05) is 11.8 Å². The van der Waals surface area contributed by atoms with E-state index in [1.807, 2.05) is 0 Å². The summed E-state index contributed by atoms with van der Waals surface area (Å²) >= 11 is 0. The number of carbonyl (C=O) groups is 1. The molecule has 1 amide bonds. The topological polar surface area (TPSA) is 97.4 Å². The Morgan fingerprint density at radius 2 is 1.75 bits per heavy atom. The van der Waals surface area contributed by atoms with Crippen LogP contribution in [0.25, 0.3) is 0 Å². The van der Waals surface area contributed by atoms with Crippen LogP contribution in [-0.2, 0) is 16.6 Å². The summed E-state index contributed by atoms with van der Waals surface area (Å²) in [4.78, 5) is 16.2. The molecule has 3 rings (SSSR count). The van der Waals surface area contributed by atoms with E-state index >= 15 is 0 Å². The summed E-state index contributed by atoms with van der Waals surface area (Å²) in [6, 6.07) is 16.0. The molecule has 0 spiro atoms. The summed E-state index contributed by atoms with van der Waals surface area (Å²) in [6.45, 7) is 0.360. The van der Waals surface area contributed by atoms with E-state index in [1.165, 1.54) is 31.4 Å². The molecule has 0 aliphatic carbocycles. The quantitative estimate of drug-likeness (QED) is 0.639. The van der Waals surface area contributed by atoms with E-state index in [-0.39, 0.29) is 10.8 Å². The van der Waals surface area contributed by atoms with Crippen molar-refractivity contribution < 1.29 is 17.9 Å². The van der Waals surface area contributed by atoms with Crippen LogP contribution in [0.4, 0.5) is 5.69 Å². The van der Waals surface area contributed by atoms with Gasteiger partial charge in [-0.2, -0.15) is 0 Å². The maximum atomic E-state index is 12.5. The summed E-state index contributed by atoms with van der Waals surface area (Å²) < 4.78 is 32.6. The van der Waals surface area contributed by atoms with Gasteiger partial charge in [0.15, 0.2) is 0 Å². The Kier molecular flexibility index (Phi) is 5.90. The highest BCUT2D eigenvalue weighted by molar-refractivity contribution is 7.92. The Balaban J connectivity index is 1.67. The van der Waals surface area contributed by atoms with E-state index in [0.717, 1.165) is 5.56 Å². The molecule has 3 aromatic rings. The third-order valence-corrected chi connectivity index (χ3v) is 5.35. The maximum absolute atomic E-state index is 12.5. The van der Waals surface area contributed by atoms with Crippen molar-refractivity contribution in [2.45, 2.75) is 11.4 Å². The molecule has 28 heavy (non-hydrogen) atoms. The Morgan fingerprint density at radius 1 is 1.04 bits per heavy atom. The van der Waals surface area contributed by atoms with Crippen LogP contribution in [0.5, 0.6) is 5.75 Å². The fourth-order valence-corrected chi connectivity index (χ4v) is 3.52.